The van der Waals surface area contributed by atoms with E-state index in [1.54, 1.807) is 0 Å². The molecule has 80 valence electrons. The number of nitrogens with two attached hydrogens (primary N) is 1. The van der Waals surface area contributed by atoms with E-state index in [9.17, 15) is 0 Å². The van der Waals surface area contributed by atoms with Crippen LogP contribution in [0, 0.1) is 11.3 Å². The molecule has 2 aromatic rings. The van der Waals surface area contributed by atoms with Gasteiger partial charge in [-0.1, -0.05) is 0 Å². The zero-order valence-corrected chi connectivity index (χ0v) is 8.96. The van der Waals surface area contributed by atoms with Gasteiger partial charge < -0.3 is 10.7 Å². The fourth-order valence-corrected chi connectivity index (χ4v) is 2.36. The van der Waals surface area contributed by atoms with Crippen molar-refractivity contribution in [2.45, 2.75) is 18.3 Å². The molecular weight excluding hydrogens is 198 g/mol. The topological polar surface area (TPSA) is 65.6 Å². The first-order chi connectivity index (χ1) is 7.79. The Morgan fingerprint density at radius 3 is 2.88 bits per heavy atom. The molecule has 3 nitrogen and oxygen atoms in total. The fourth-order valence-electron chi connectivity index (χ4n) is 2.36. The SMILES string of the molecule is N#Cc1ccc2[nH]cc(C3(CN)CC3)c2c1. The summed E-state index contributed by atoms with van der Waals surface area (Å²) in [5.74, 6) is 0. The van der Waals surface area contributed by atoms with Gasteiger partial charge >= 0.3 is 0 Å². The zero-order chi connectivity index (χ0) is 11.2. The molecule has 1 heterocycles. The second-order valence-electron chi connectivity index (χ2n) is 4.56. The van der Waals surface area contributed by atoms with Crippen LogP contribution in [0.3, 0.4) is 0 Å². The molecule has 1 fully saturated rings. The van der Waals surface area contributed by atoms with Gasteiger partial charge in [-0.05, 0) is 36.6 Å². The Morgan fingerprint density at radius 1 is 1.44 bits per heavy atom. The molecule has 1 aliphatic rings. The Morgan fingerprint density at radius 2 is 2.25 bits per heavy atom. The summed E-state index contributed by atoms with van der Waals surface area (Å²) < 4.78 is 0. The monoisotopic (exact) mass is 211 g/mol. The van der Waals surface area contributed by atoms with Crippen LogP contribution in [0.5, 0.6) is 0 Å². The summed E-state index contributed by atoms with van der Waals surface area (Å²) in [6, 6.07) is 7.94. The van der Waals surface area contributed by atoms with Crippen LogP contribution < -0.4 is 5.73 Å². The van der Waals surface area contributed by atoms with Crippen LogP contribution in [0.4, 0.5) is 0 Å². The van der Waals surface area contributed by atoms with Crippen LogP contribution in [0.1, 0.15) is 24.0 Å². The molecule has 3 rings (SSSR count). The number of hydrogen-bond acceptors (Lipinski definition) is 2. The van der Waals surface area contributed by atoms with E-state index in [0.717, 1.165) is 23.7 Å². The van der Waals surface area contributed by atoms with Gasteiger partial charge in [-0.2, -0.15) is 5.26 Å². The highest BCUT2D eigenvalue weighted by atomic mass is 14.7. The second-order valence-corrected chi connectivity index (χ2v) is 4.56. The number of nitriles is 1. The molecule has 0 spiro atoms. The molecule has 0 unspecified atom stereocenters. The van der Waals surface area contributed by atoms with E-state index < -0.39 is 0 Å². The lowest BCUT2D eigenvalue weighted by Crippen LogP contribution is -2.19. The molecule has 3 N–H and O–H groups in total. The molecule has 0 radical (unpaired) electrons. The molecule has 0 aliphatic heterocycles. The highest BCUT2D eigenvalue weighted by Gasteiger charge is 2.44. The van der Waals surface area contributed by atoms with Crippen LogP contribution in [0.25, 0.3) is 10.9 Å². The number of rotatable bonds is 2. The minimum absolute atomic E-state index is 0.173. The fraction of sp³-hybridized carbons (Fsp3) is 0.308. The lowest BCUT2D eigenvalue weighted by Gasteiger charge is -2.10. The van der Waals surface area contributed by atoms with E-state index >= 15 is 0 Å². The van der Waals surface area contributed by atoms with E-state index in [0.29, 0.717) is 12.1 Å². The largest absolute Gasteiger partial charge is 0.361 e. The van der Waals surface area contributed by atoms with Crippen molar-refractivity contribution in [1.82, 2.24) is 4.98 Å². The van der Waals surface area contributed by atoms with Crippen molar-refractivity contribution in [3.63, 3.8) is 0 Å². The van der Waals surface area contributed by atoms with Crippen molar-refractivity contribution in [2.24, 2.45) is 5.73 Å². The zero-order valence-electron chi connectivity index (χ0n) is 8.96. The first-order valence-corrected chi connectivity index (χ1v) is 5.51. The summed E-state index contributed by atoms with van der Waals surface area (Å²) in [4.78, 5) is 3.25. The molecule has 1 aliphatic carbocycles. The average Bonchev–Trinajstić information content (AvgIpc) is 3.02. The number of aromatic amines is 1. The molecule has 0 saturated heterocycles. The number of benzene rings is 1. The summed E-state index contributed by atoms with van der Waals surface area (Å²) in [6.45, 7) is 0.691. The molecule has 0 bridgehead atoms. The van der Waals surface area contributed by atoms with E-state index in [1.807, 2.05) is 24.4 Å². The van der Waals surface area contributed by atoms with Crippen LogP contribution >= 0.6 is 0 Å². The minimum atomic E-state index is 0.173. The van der Waals surface area contributed by atoms with Crippen molar-refractivity contribution in [2.75, 3.05) is 6.54 Å². The van der Waals surface area contributed by atoms with Gasteiger partial charge in [-0.25, -0.2) is 0 Å². The van der Waals surface area contributed by atoms with Crippen LogP contribution in [0.15, 0.2) is 24.4 Å². The van der Waals surface area contributed by atoms with Crippen molar-refractivity contribution in [3.05, 3.63) is 35.5 Å². The normalized spacial score (nSPS) is 17.2. The van der Waals surface area contributed by atoms with Crippen LogP contribution in [0.2, 0.25) is 0 Å². The number of aromatic nitrogens is 1. The van der Waals surface area contributed by atoms with E-state index in [1.165, 1.54) is 5.56 Å². The number of nitrogens with zero attached hydrogens (tertiary/aromatic N) is 1. The molecular formula is C13H13N3. The minimum Gasteiger partial charge on any atom is -0.361 e. The molecule has 16 heavy (non-hydrogen) atoms. The molecule has 0 atom stereocenters. The Kier molecular flexibility index (Phi) is 1.83. The summed E-state index contributed by atoms with van der Waals surface area (Å²) in [5.41, 5.74) is 9.10. The van der Waals surface area contributed by atoms with Gasteiger partial charge in [-0.3, -0.25) is 0 Å². The van der Waals surface area contributed by atoms with Gasteiger partial charge in [0.15, 0.2) is 0 Å². The summed E-state index contributed by atoms with van der Waals surface area (Å²) in [6.07, 6.45) is 4.37. The van der Waals surface area contributed by atoms with Gasteiger partial charge in [0.1, 0.15) is 0 Å². The van der Waals surface area contributed by atoms with Crippen LogP contribution in [-0.2, 0) is 5.41 Å². The molecule has 3 heteroatoms. The number of hydrogen-bond donors (Lipinski definition) is 2. The number of H-pyrrole nitrogens is 1. The Bertz CT molecular complexity index is 585. The lowest BCUT2D eigenvalue weighted by atomic mass is 9.95. The van der Waals surface area contributed by atoms with Crippen molar-refractivity contribution < 1.29 is 0 Å². The maximum Gasteiger partial charge on any atom is 0.0991 e. The molecule has 1 aromatic carbocycles. The predicted molar refractivity (Wildman–Crippen MR) is 63.0 cm³/mol. The van der Waals surface area contributed by atoms with Crippen molar-refractivity contribution in [1.29, 1.82) is 5.26 Å². The van der Waals surface area contributed by atoms with Gasteiger partial charge in [0.2, 0.25) is 0 Å². The maximum atomic E-state index is 8.92. The van der Waals surface area contributed by atoms with Crippen molar-refractivity contribution in [3.8, 4) is 6.07 Å². The molecule has 0 amide bonds. The van der Waals surface area contributed by atoms with Crippen LogP contribution in [-0.4, -0.2) is 11.5 Å². The quantitative estimate of drug-likeness (QED) is 0.798. The Labute approximate surface area is 93.9 Å². The number of fused-ring (bicyclic) bond motifs is 1. The first-order valence-electron chi connectivity index (χ1n) is 5.51. The van der Waals surface area contributed by atoms with Gasteiger partial charge in [0, 0.05) is 29.1 Å². The predicted octanol–water partition coefficient (Wildman–Crippen LogP) is 2.03. The molecule has 1 aromatic heterocycles. The third-order valence-corrected chi connectivity index (χ3v) is 3.63. The van der Waals surface area contributed by atoms with Gasteiger partial charge in [0.05, 0.1) is 11.6 Å². The van der Waals surface area contributed by atoms with E-state index in [4.69, 9.17) is 11.0 Å². The first kappa shape index (κ1) is 9.44. The van der Waals surface area contributed by atoms with Crippen molar-refractivity contribution >= 4 is 10.9 Å². The summed E-state index contributed by atoms with van der Waals surface area (Å²) in [5, 5.41) is 10.1. The summed E-state index contributed by atoms with van der Waals surface area (Å²) in [7, 11) is 0. The van der Waals surface area contributed by atoms with Gasteiger partial charge in [-0.15, -0.1) is 0 Å². The maximum absolute atomic E-state index is 8.92. The lowest BCUT2D eigenvalue weighted by molar-refractivity contribution is 0.711. The Hall–Kier alpha value is -1.79. The Balaban J connectivity index is 2.23. The highest BCUT2D eigenvalue weighted by molar-refractivity contribution is 5.86. The number of nitrogens with one attached hydrogen (secondary N) is 1. The smallest absolute Gasteiger partial charge is 0.0991 e. The molecule has 1 saturated carbocycles. The highest BCUT2D eigenvalue weighted by Crippen LogP contribution is 2.49. The van der Waals surface area contributed by atoms with E-state index in [-0.39, 0.29) is 5.41 Å². The van der Waals surface area contributed by atoms with E-state index in [2.05, 4.69) is 11.1 Å². The second kappa shape index (κ2) is 3.10. The average molecular weight is 211 g/mol. The summed E-state index contributed by atoms with van der Waals surface area (Å²) >= 11 is 0. The third kappa shape index (κ3) is 1.17. The standard InChI is InChI=1S/C13H13N3/c14-6-9-1-2-12-10(5-9)11(7-16-12)13(8-15)3-4-13/h1-2,5,7,16H,3-4,8,15H2. The third-order valence-electron chi connectivity index (χ3n) is 3.63. The van der Waals surface area contributed by atoms with Gasteiger partial charge in [0.25, 0.3) is 0 Å².